The molecule has 2 N–H and O–H groups in total. The predicted molar refractivity (Wildman–Crippen MR) is 55.0 cm³/mol. The zero-order chi connectivity index (χ0) is 8.69. The second kappa shape index (κ2) is 6.74. The quantitative estimate of drug-likeness (QED) is 0.624. The summed E-state index contributed by atoms with van der Waals surface area (Å²) in [5.74, 6) is 2.90. The van der Waals surface area contributed by atoms with E-state index in [9.17, 15) is 0 Å². The van der Waals surface area contributed by atoms with Gasteiger partial charge in [0.05, 0.1) is 0 Å². The van der Waals surface area contributed by atoms with Crippen LogP contribution in [0.15, 0.2) is 12.2 Å². The summed E-state index contributed by atoms with van der Waals surface area (Å²) in [6, 6.07) is 0. The fourth-order valence-electron chi connectivity index (χ4n) is 0.575. The van der Waals surface area contributed by atoms with Crippen molar-refractivity contribution in [2.75, 3.05) is 18.1 Å². The van der Waals surface area contributed by atoms with Crippen molar-refractivity contribution >= 4 is 11.8 Å². The Morgan fingerprint density at radius 2 is 2.27 bits per heavy atom. The maximum Gasteiger partial charge on any atom is 0.0140 e. The Morgan fingerprint density at radius 1 is 1.64 bits per heavy atom. The predicted octanol–water partition coefficient (Wildman–Crippen LogP) is 2.28. The van der Waals surface area contributed by atoms with Crippen LogP contribution in [0, 0.1) is 5.92 Å². The molecule has 0 saturated carbocycles. The lowest BCUT2D eigenvalue weighted by Gasteiger charge is -2.07. The summed E-state index contributed by atoms with van der Waals surface area (Å²) in [7, 11) is 0. The van der Waals surface area contributed by atoms with Gasteiger partial charge >= 0.3 is 0 Å². The molecule has 1 nitrogen and oxygen atoms in total. The summed E-state index contributed by atoms with van der Waals surface area (Å²) in [5.41, 5.74) is 6.82. The van der Waals surface area contributed by atoms with Crippen LogP contribution in [0.5, 0.6) is 0 Å². The van der Waals surface area contributed by atoms with E-state index in [-0.39, 0.29) is 0 Å². The van der Waals surface area contributed by atoms with Gasteiger partial charge < -0.3 is 5.73 Å². The van der Waals surface area contributed by atoms with Crippen molar-refractivity contribution in [3.63, 3.8) is 0 Å². The first-order valence-electron chi connectivity index (χ1n) is 4.15. The largest absolute Gasteiger partial charge is 0.330 e. The molecule has 0 spiro atoms. The van der Waals surface area contributed by atoms with Crippen molar-refractivity contribution in [3.8, 4) is 0 Å². The van der Waals surface area contributed by atoms with Crippen LogP contribution in [0.3, 0.4) is 0 Å². The van der Waals surface area contributed by atoms with Gasteiger partial charge in [0.25, 0.3) is 0 Å². The second-order valence-corrected chi connectivity index (χ2v) is 3.99. The van der Waals surface area contributed by atoms with Crippen molar-refractivity contribution in [2.24, 2.45) is 11.7 Å². The topological polar surface area (TPSA) is 26.0 Å². The first-order chi connectivity index (χ1) is 5.20. The van der Waals surface area contributed by atoms with Gasteiger partial charge in [-0.2, -0.15) is 11.8 Å². The molecule has 0 aliphatic rings. The third-order valence-electron chi connectivity index (χ3n) is 1.61. The summed E-state index contributed by atoms with van der Waals surface area (Å²) in [4.78, 5) is 0. The smallest absolute Gasteiger partial charge is 0.0140 e. The Hall–Kier alpha value is 0.0500. The van der Waals surface area contributed by atoms with Crippen LogP contribution in [0.25, 0.3) is 0 Å². The highest BCUT2D eigenvalue weighted by molar-refractivity contribution is 7.99. The molecule has 0 heterocycles. The minimum atomic E-state index is 0.643. The van der Waals surface area contributed by atoms with E-state index in [0.717, 1.165) is 24.5 Å². The maximum atomic E-state index is 5.49. The van der Waals surface area contributed by atoms with Gasteiger partial charge in [0.2, 0.25) is 0 Å². The molecule has 1 unspecified atom stereocenters. The summed E-state index contributed by atoms with van der Waals surface area (Å²) >= 11 is 1.94. The molecular weight excluding hydrogens is 154 g/mol. The summed E-state index contributed by atoms with van der Waals surface area (Å²) in [5, 5.41) is 0. The van der Waals surface area contributed by atoms with Crippen LogP contribution in [0.1, 0.15) is 20.3 Å². The lowest BCUT2D eigenvalue weighted by atomic mass is 10.2. The van der Waals surface area contributed by atoms with Gasteiger partial charge in [-0.05, 0) is 24.6 Å². The van der Waals surface area contributed by atoms with Gasteiger partial charge in [-0.15, -0.1) is 0 Å². The van der Waals surface area contributed by atoms with Crippen molar-refractivity contribution in [1.29, 1.82) is 0 Å². The Bertz CT molecular complexity index is 112. The monoisotopic (exact) mass is 173 g/mol. The minimum Gasteiger partial charge on any atom is -0.330 e. The molecule has 66 valence electrons. The van der Waals surface area contributed by atoms with Gasteiger partial charge in [-0.3, -0.25) is 0 Å². The molecule has 0 aliphatic heterocycles. The molecule has 0 aromatic rings. The molecule has 0 aromatic heterocycles. The molecule has 0 fully saturated rings. The van der Waals surface area contributed by atoms with E-state index in [1.807, 2.05) is 11.8 Å². The molecule has 0 aromatic carbocycles. The fraction of sp³-hybridized carbons (Fsp3) is 0.778. The molecule has 0 radical (unpaired) electrons. The van der Waals surface area contributed by atoms with Crippen molar-refractivity contribution in [1.82, 2.24) is 0 Å². The van der Waals surface area contributed by atoms with Crippen LogP contribution in [0.2, 0.25) is 0 Å². The zero-order valence-corrected chi connectivity index (χ0v) is 8.41. The lowest BCUT2D eigenvalue weighted by molar-refractivity contribution is 0.675. The Balaban J connectivity index is 3.20. The highest BCUT2D eigenvalue weighted by Gasteiger charge is 1.98. The standard InChI is InChI=1S/C9H19NS/c1-4-8(2)6-11-7-9(3)5-10/h9H,2,4-7,10H2,1,3H3. The third-order valence-corrected chi connectivity index (χ3v) is 3.03. The van der Waals surface area contributed by atoms with Gasteiger partial charge in [0.15, 0.2) is 0 Å². The Morgan fingerprint density at radius 3 is 2.73 bits per heavy atom. The van der Waals surface area contributed by atoms with E-state index < -0.39 is 0 Å². The Labute approximate surface area is 74.4 Å². The molecular formula is C9H19NS. The van der Waals surface area contributed by atoms with Gasteiger partial charge in [0.1, 0.15) is 0 Å². The van der Waals surface area contributed by atoms with Crippen LogP contribution in [0.4, 0.5) is 0 Å². The van der Waals surface area contributed by atoms with Crippen LogP contribution < -0.4 is 5.73 Å². The van der Waals surface area contributed by atoms with Crippen LogP contribution >= 0.6 is 11.8 Å². The zero-order valence-electron chi connectivity index (χ0n) is 7.60. The fourth-order valence-corrected chi connectivity index (χ4v) is 1.72. The first-order valence-corrected chi connectivity index (χ1v) is 5.30. The average Bonchev–Trinajstić information content (AvgIpc) is 2.04. The number of hydrogen-bond donors (Lipinski definition) is 1. The van der Waals surface area contributed by atoms with E-state index in [1.54, 1.807) is 0 Å². The van der Waals surface area contributed by atoms with Crippen LogP contribution in [-0.4, -0.2) is 18.1 Å². The molecule has 0 bridgehead atoms. The molecule has 0 saturated heterocycles. The van der Waals surface area contributed by atoms with E-state index in [0.29, 0.717) is 5.92 Å². The summed E-state index contributed by atoms with van der Waals surface area (Å²) in [6.45, 7) is 9.07. The van der Waals surface area contributed by atoms with E-state index in [4.69, 9.17) is 5.73 Å². The number of nitrogens with two attached hydrogens (primary N) is 1. The average molecular weight is 173 g/mol. The van der Waals surface area contributed by atoms with Gasteiger partial charge in [-0.1, -0.05) is 26.0 Å². The molecule has 1 atom stereocenters. The normalized spacial score (nSPS) is 13.0. The summed E-state index contributed by atoms with van der Waals surface area (Å²) < 4.78 is 0. The van der Waals surface area contributed by atoms with Crippen molar-refractivity contribution in [2.45, 2.75) is 20.3 Å². The van der Waals surface area contributed by atoms with E-state index in [2.05, 4.69) is 20.4 Å². The molecule has 0 amide bonds. The summed E-state index contributed by atoms with van der Waals surface area (Å²) in [6.07, 6.45) is 1.10. The molecule has 0 aliphatic carbocycles. The van der Waals surface area contributed by atoms with Crippen molar-refractivity contribution in [3.05, 3.63) is 12.2 Å². The lowest BCUT2D eigenvalue weighted by Crippen LogP contribution is -2.13. The highest BCUT2D eigenvalue weighted by Crippen LogP contribution is 2.12. The molecule has 11 heavy (non-hydrogen) atoms. The van der Waals surface area contributed by atoms with E-state index in [1.165, 1.54) is 5.57 Å². The van der Waals surface area contributed by atoms with Crippen molar-refractivity contribution < 1.29 is 0 Å². The van der Waals surface area contributed by atoms with E-state index >= 15 is 0 Å². The molecule has 2 heteroatoms. The number of rotatable bonds is 6. The molecule has 0 rings (SSSR count). The van der Waals surface area contributed by atoms with Crippen LogP contribution in [-0.2, 0) is 0 Å². The SMILES string of the molecule is C=C(CC)CSCC(C)CN. The first kappa shape index (κ1) is 11.1. The van der Waals surface area contributed by atoms with Gasteiger partial charge in [0, 0.05) is 5.75 Å². The second-order valence-electron chi connectivity index (χ2n) is 2.96. The third kappa shape index (κ3) is 6.45. The van der Waals surface area contributed by atoms with Gasteiger partial charge in [-0.25, -0.2) is 0 Å². The maximum absolute atomic E-state index is 5.49. The minimum absolute atomic E-state index is 0.643. The number of thioether (sulfide) groups is 1. The number of hydrogen-bond acceptors (Lipinski definition) is 2. The highest BCUT2D eigenvalue weighted by atomic mass is 32.2. The Kier molecular flexibility index (Phi) is 6.77.